The lowest BCUT2D eigenvalue weighted by molar-refractivity contribution is -0.116. The number of benzene rings is 5. The Kier molecular flexibility index (Phi) is 12.2. The second kappa shape index (κ2) is 18.2. The van der Waals surface area contributed by atoms with Crippen molar-refractivity contribution < 1.29 is 30.0 Å². The quantitative estimate of drug-likeness (QED) is 0.0650. The molecule has 0 amide bonds. The number of hydrogen-bond acceptors (Lipinski definition) is 9. The molecule has 0 fully saturated rings. The van der Waals surface area contributed by atoms with Gasteiger partial charge in [-0.05, 0) is 132 Å². The number of hydrogen-bond donors (Lipinski definition) is 4. The summed E-state index contributed by atoms with van der Waals surface area (Å²) >= 11 is 0. The van der Waals surface area contributed by atoms with E-state index in [1.807, 2.05) is 82.8 Å². The molecule has 1 aliphatic rings. The molecule has 69 heavy (non-hydrogen) atoms. The van der Waals surface area contributed by atoms with Gasteiger partial charge in [0.2, 0.25) is 0 Å². The van der Waals surface area contributed by atoms with E-state index in [0.717, 1.165) is 50.1 Å². The molecule has 4 N–H and O–H groups in total. The maximum atomic E-state index is 14.1. The van der Waals surface area contributed by atoms with E-state index in [2.05, 4.69) is 20.6 Å². The van der Waals surface area contributed by atoms with E-state index in [9.17, 15) is 30.0 Å². The number of phenolic OH excluding ortho intramolecular Hbond substituents is 4. The monoisotopic (exact) mass is 920 g/mol. The molecule has 350 valence electrons. The number of aromatic nitrogens is 6. The zero-order valence-electron chi connectivity index (χ0n) is 40.3. The van der Waals surface area contributed by atoms with E-state index in [1.165, 1.54) is 0 Å². The Labute approximate surface area is 400 Å². The standard InChI is InChI=1S/C57H56N6O6/c1-31-32(2)55(67)43(35(5)52(31)64)22-25-62-30-59-51-40(14-11-19-50(51)62)28-45-37(7)54(66)33(3)41(57(45)69)15-12-23-61-29-58-47-27-39(20-21-48(47)61)26-44-36(6)53(65)34(4)42(56(44)68)16-13-24-63-38(8)60-46-17-9-10-18-49(46)63/h9-12,14-15,17-22,25,27,29-30,64,66-67,69H,13,16,23-24,26,28H2,1-8H3/b15-12+,25-22+. The van der Waals surface area contributed by atoms with E-state index < -0.39 is 0 Å². The van der Waals surface area contributed by atoms with Crippen LogP contribution >= 0.6 is 0 Å². The van der Waals surface area contributed by atoms with Gasteiger partial charge in [0, 0.05) is 82.2 Å². The maximum Gasteiger partial charge on any atom is 0.186 e. The minimum absolute atomic E-state index is 0.0676. The summed E-state index contributed by atoms with van der Waals surface area (Å²) in [5.74, 6) is 1.22. The fraction of sp³-hybridized carbons (Fsp3) is 0.246. The van der Waals surface area contributed by atoms with Crippen LogP contribution in [0.15, 0.2) is 102 Å². The van der Waals surface area contributed by atoms with Crippen LogP contribution in [0.4, 0.5) is 0 Å². The molecule has 0 bridgehead atoms. The van der Waals surface area contributed by atoms with Gasteiger partial charge in [-0.1, -0.05) is 42.5 Å². The van der Waals surface area contributed by atoms with Gasteiger partial charge in [0.1, 0.15) is 28.8 Å². The van der Waals surface area contributed by atoms with E-state index in [1.54, 1.807) is 73.4 Å². The lowest BCUT2D eigenvalue weighted by atomic mass is 9.81. The Morgan fingerprint density at radius 3 is 2.09 bits per heavy atom. The van der Waals surface area contributed by atoms with Crippen LogP contribution in [0.3, 0.4) is 0 Å². The molecule has 5 aromatic carbocycles. The van der Waals surface area contributed by atoms with Crippen LogP contribution < -0.4 is 0 Å². The number of fused-ring (bicyclic) bond motifs is 3. The van der Waals surface area contributed by atoms with Gasteiger partial charge in [-0.25, -0.2) is 15.0 Å². The molecule has 1 aliphatic carbocycles. The van der Waals surface area contributed by atoms with Crippen molar-refractivity contribution in [2.24, 2.45) is 0 Å². The number of rotatable bonds is 13. The van der Waals surface area contributed by atoms with Gasteiger partial charge in [0.15, 0.2) is 11.6 Å². The molecule has 0 atom stereocenters. The number of nitrogens with zero attached hydrogens (tertiary/aromatic N) is 6. The summed E-state index contributed by atoms with van der Waals surface area (Å²) in [6.07, 6.45) is 12.6. The van der Waals surface area contributed by atoms with Gasteiger partial charge >= 0.3 is 0 Å². The lowest BCUT2D eigenvalue weighted by Crippen LogP contribution is -2.23. The van der Waals surface area contributed by atoms with Crippen molar-refractivity contribution in [2.75, 3.05) is 0 Å². The molecule has 12 heteroatoms. The Hall–Kier alpha value is -7.99. The Morgan fingerprint density at radius 1 is 0.609 bits per heavy atom. The van der Waals surface area contributed by atoms with Gasteiger partial charge in [-0.2, -0.15) is 0 Å². The normalized spacial score (nSPS) is 13.6. The van der Waals surface area contributed by atoms with Crippen molar-refractivity contribution in [1.29, 1.82) is 0 Å². The lowest BCUT2D eigenvalue weighted by Gasteiger charge is -2.21. The number of aromatic hydroxyl groups is 4. The number of phenols is 4. The third-order valence-corrected chi connectivity index (χ3v) is 14.3. The molecule has 9 rings (SSSR count). The number of carbonyl (C=O) groups excluding carboxylic acids is 2. The minimum atomic E-state index is -0.0832. The van der Waals surface area contributed by atoms with Crippen LogP contribution in [0.1, 0.15) is 88.1 Å². The number of ketones is 2. The molecule has 0 radical (unpaired) electrons. The number of carbonyl (C=O) groups is 2. The van der Waals surface area contributed by atoms with Gasteiger partial charge in [0.25, 0.3) is 0 Å². The average molecular weight is 921 g/mol. The zero-order valence-corrected chi connectivity index (χ0v) is 40.3. The van der Waals surface area contributed by atoms with Crippen molar-refractivity contribution in [3.63, 3.8) is 0 Å². The number of aryl methyl sites for hydroxylation is 2. The van der Waals surface area contributed by atoms with Crippen LogP contribution in [0.25, 0.3) is 51.5 Å². The highest BCUT2D eigenvalue weighted by atomic mass is 16.3. The first-order valence-corrected chi connectivity index (χ1v) is 23.2. The summed E-state index contributed by atoms with van der Waals surface area (Å²) in [6, 6.07) is 19.8. The van der Waals surface area contributed by atoms with Crippen LogP contribution in [0.5, 0.6) is 23.0 Å². The number of Topliss-reactive ketones (excluding diaryl/α,β-unsaturated/α-hetero) is 2. The first-order chi connectivity index (χ1) is 33.0. The van der Waals surface area contributed by atoms with Crippen LogP contribution in [-0.2, 0) is 35.5 Å². The van der Waals surface area contributed by atoms with Gasteiger partial charge in [-0.15, -0.1) is 0 Å². The largest absolute Gasteiger partial charge is 0.507 e. The summed E-state index contributed by atoms with van der Waals surface area (Å²) in [6.45, 7) is 15.5. The fourth-order valence-electron chi connectivity index (χ4n) is 9.90. The third-order valence-electron chi connectivity index (χ3n) is 14.3. The van der Waals surface area contributed by atoms with Gasteiger partial charge in [0.05, 0.1) is 45.8 Å². The molecular weight excluding hydrogens is 865 g/mol. The summed E-state index contributed by atoms with van der Waals surface area (Å²) < 4.78 is 6.00. The van der Waals surface area contributed by atoms with Crippen molar-refractivity contribution in [3.05, 3.63) is 163 Å². The highest BCUT2D eigenvalue weighted by Gasteiger charge is 2.30. The molecule has 0 aliphatic heterocycles. The zero-order chi connectivity index (χ0) is 49.0. The van der Waals surface area contributed by atoms with Crippen LogP contribution in [-0.4, -0.2) is 60.6 Å². The summed E-state index contributed by atoms with van der Waals surface area (Å²) in [7, 11) is 0. The SMILES string of the molecule is CC1=C(CCCn2c(C)nc3ccccc32)C(=O)C(Cc2ccc3c(c2)ncn3C/C=C/c2c(C)c(O)c(C)c(Cc3cccc4c3ncn4/C=C/c3c(C)c(O)c(C)c(C)c3O)c2O)=C(C)C1=O. The molecule has 0 unspecified atom stereocenters. The Bertz CT molecular complexity index is 3550. The Balaban J connectivity index is 0.899. The molecule has 0 saturated carbocycles. The highest BCUT2D eigenvalue weighted by molar-refractivity contribution is 6.25. The number of imidazole rings is 3. The average Bonchev–Trinajstić information content (AvgIpc) is 4.05. The van der Waals surface area contributed by atoms with Crippen molar-refractivity contribution in [3.8, 4) is 23.0 Å². The minimum Gasteiger partial charge on any atom is -0.507 e. The number of allylic oxidation sites excluding steroid dienone is 5. The predicted octanol–water partition coefficient (Wildman–Crippen LogP) is 11.1. The fourth-order valence-corrected chi connectivity index (χ4v) is 9.90. The molecule has 3 heterocycles. The van der Waals surface area contributed by atoms with E-state index in [0.29, 0.717) is 106 Å². The first-order valence-electron chi connectivity index (χ1n) is 23.2. The van der Waals surface area contributed by atoms with Crippen molar-refractivity contribution in [2.45, 2.75) is 94.2 Å². The van der Waals surface area contributed by atoms with Crippen LogP contribution in [0, 0.1) is 41.5 Å². The van der Waals surface area contributed by atoms with Gasteiger partial charge in [-0.3, -0.25) is 9.59 Å². The summed E-state index contributed by atoms with van der Waals surface area (Å²) in [4.78, 5) is 41.6. The van der Waals surface area contributed by atoms with Crippen molar-refractivity contribution in [1.82, 2.24) is 28.7 Å². The topological polar surface area (TPSA) is 169 Å². The number of para-hydroxylation sites is 3. The van der Waals surface area contributed by atoms with E-state index >= 15 is 0 Å². The third kappa shape index (κ3) is 8.19. The Morgan fingerprint density at radius 2 is 1.30 bits per heavy atom. The smallest absolute Gasteiger partial charge is 0.186 e. The molecule has 12 nitrogen and oxygen atoms in total. The van der Waals surface area contributed by atoms with Crippen molar-refractivity contribution >= 4 is 63.0 Å². The van der Waals surface area contributed by atoms with Gasteiger partial charge < -0.3 is 34.1 Å². The van der Waals surface area contributed by atoms with E-state index in [-0.39, 0.29) is 34.6 Å². The second-order valence-electron chi connectivity index (χ2n) is 18.3. The summed E-state index contributed by atoms with van der Waals surface area (Å²) in [5.41, 5.74) is 13.6. The summed E-state index contributed by atoms with van der Waals surface area (Å²) in [5, 5.41) is 44.7. The molecule has 0 spiro atoms. The molecular formula is C57H56N6O6. The maximum absolute atomic E-state index is 14.1. The molecule has 3 aromatic heterocycles. The van der Waals surface area contributed by atoms with Crippen LogP contribution in [0.2, 0.25) is 0 Å². The predicted molar refractivity (Wildman–Crippen MR) is 273 cm³/mol. The molecule has 0 saturated heterocycles. The highest BCUT2D eigenvalue weighted by Crippen LogP contribution is 2.41. The second-order valence-corrected chi connectivity index (χ2v) is 18.3. The first kappa shape index (κ1) is 46.1. The van der Waals surface area contributed by atoms with E-state index in [4.69, 9.17) is 4.98 Å². The molecule has 8 aromatic rings.